The minimum Gasteiger partial charge on any atom is -0.489 e. The number of hydrazine groups is 1. The molecule has 2 aromatic rings. The van der Waals surface area contributed by atoms with Crippen LogP contribution in [0.25, 0.3) is 5.70 Å². The highest BCUT2D eigenvalue weighted by Gasteiger charge is 2.27. The zero-order valence-electron chi connectivity index (χ0n) is 19.7. The number of aromatic nitrogens is 3. The van der Waals surface area contributed by atoms with Crippen molar-refractivity contribution in [3.8, 4) is 5.75 Å². The third-order valence-corrected chi connectivity index (χ3v) is 6.02. The number of ether oxygens (including phenoxy) is 2. The topological polar surface area (TPSA) is 138 Å². The van der Waals surface area contributed by atoms with Crippen LogP contribution in [0.2, 0.25) is 0 Å². The van der Waals surface area contributed by atoms with E-state index in [9.17, 15) is 0 Å². The van der Waals surface area contributed by atoms with Gasteiger partial charge in [0.1, 0.15) is 11.9 Å². The molecule has 5 N–H and O–H groups in total. The summed E-state index contributed by atoms with van der Waals surface area (Å²) in [7, 11) is 1.73. The number of nitrogens with two attached hydrogens (primary N) is 2. The van der Waals surface area contributed by atoms with E-state index in [2.05, 4.69) is 20.4 Å². The van der Waals surface area contributed by atoms with Crippen LogP contribution in [0.1, 0.15) is 75.3 Å². The fourth-order valence-corrected chi connectivity index (χ4v) is 3.93. The van der Waals surface area contributed by atoms with Crippen LogP contribution in [-0.4, -0.2) is 45.9 Å². The Labute approximate surface area is 194 Å². The Morgan fingerprint density at radius 3 is 2.61 bits per heavy atom. The van der Waals surface area contributed by atoms with Crippen LogP contribution >= 0.6 is 0 Å². The number of aryl methyl sites for hydroxylation is 1. The Balaban J connectivity index is 1.42. The smallest absolute Gasteiger partial charge is 0.263 e. The zero-order valence-corrected chi connectivity index (χ0v) is 19.7. The maximum absolute atomic E-state index is 6.45. The minimum atomic E-state index is -0.237. The van der Waals surface area contributed by atoms with Gasteiger partial charge < -0.3 is 30.1 Å². The molecule has 2 heterocycles. The van der Waals surface area contributed by atoms with Gasteiger partial charge in [-0.15, -0.1) is 0 Å². The second-order valence-corrected chi connectivity index (χ2v) is 8.92. The van der Waals surface area contributed by atoms with Crippen LogP contribution in [0, 0.1) is 6.92 Å². The molecular formula is C23H35N7O3. The molecule has 180 valence electrons. The molecule has 0 amide bonds. The first kappa shape index (κ1) is 23.3. The maximum atomic E-state index is 6.45. The van der Waals surface area contributed by atoms with E-state index in [1.165, 1.54) is 24.3 Å². The van der Waals surface area contributed by atoms with Gasteiger partial charge in [0.2, 0.25) is 0 Å². The summed E-state index contributed by atoms with van der Waals surface area (Å²) >= 11 is 0. The first-order valence-electron chi connectivity index (χ1n) is 11.8. The lowest BCUT2D eigenvalue weighted by Crippen LogP contribution is -2.32. The summed E-state index contributed by atoms with van der Waals surface area (Å²) in [6.45, 7) is 4.14. The van der Waals surface area contributed by atoms with E-state index in [0.29, 0.717) is 41.6 Å². The predicted molar refractivity (Wildman–Crippen MR) is 125 cm³/mol. The lowest BCUT2D eigenvalue weighted by atomic mass is 9.98. The summed E-state index contributed by atoms with van der Waals surface area (Å²) in [5.41, 5.74) is 9.01. The monoisotopic (exact) mass is 457 g/mol. The summed E-state index contributed by atoms with van der Waals surface area (Å²) in [6.07, 6.45) is 8.43. The minimum absolute atomic E-state index is 0.237. The lowest BCUT2D eigenvalue weighted by Gasteiger charge is -2.24. The summed E-state index contributed by atoms with van der Waals surface area (Å²) in [5.74, 6) is 7.66. The second kappa shape index (κ2) is 10.4. The molecule has 0 aliphatic heterocycles. The molecule has 1 unspecified atom stereocenters. The molecular weight excluding hydrogens is 422 g/mol. The summed E-state index contributed by atoms with van der Waals surface area (Å²) < 4.78 is 17.3. The number of hydrogen-bond acceptors (Lipinski definition) is 10. The highest BCUT2D eigenvalue weighted by molar-refractivity contribution is 5.64. The molecule has 0 aromatic carbocycles. The Hall–Kier alpha value is -2.85. The van der Waals surface area contributed by atoms with Gasteiger partial charge in [-0.1, -0.05) is 6.42 Å². The zero-order chi connectivity index (χ0) is 23.4. The molecule has 4 rings (SSSR count). The van der Waals surface area contributed by atoms with Crippen LogP contribution in [0.5, 0.6) is 5.75 Å². The van der Waals surface area contributed by atoms with Gasteiger partial charge in [-0.25, -0.2) is 10.8 Å². The third-order valence-electron chi connectivity index (χ3n) is 6.02. The average Bonchev–Trinajstić information content (AvgIpc) is 3.48. The molecule has 0 bridgehead atoms. The van der Waals surface area contributed by atoms with Gasteiger partial charge in [-0.2, -0.15) is 4.98 Å². The molecule has 0 saturated heterocycles. The van der Waals surface area contributed by atoms with E-state index >= 15 is 0 Å². The molecule has 33 heavy (non-hydrogen) atoms. The first-order chi connectivity index (χ1) is 15.9. The van der Waals surface area contributed by atoms with Crippen molar-refractivity contribution in [1.82, 2.24) is 20.1 Å². The summed E-state index contributed by atoms with van der Waals surface area (Å²) in [6, 6.07) is 3.81. The van der Waals surface area contributed by atoms with E-state index in [4.69, 9.17) is 25.6 Å². The molecule has 2 fully saturated rings. The van der Waals surface area contributed by atoms with Crippen LogP contribution in [0.3, 0.4) is 0 Å². The third kappa shape index (κ3) is 6.14. The van der Waals surface area contributed by atoms with Crippen molar-refractivity contribution in [2.24, 2.45) is 11.6 Å². The van der Waals surface area contributed by atoms with Gasteiger partial charge in [0, 0.05) is 7.05 Å². The number of likely N-dealkylation sites (N-methyl/N-ethyl adjacent to an activating group) is 1. The predicted octanol–water partition coefficient (Wildman–Crippen LogP) is 3.27. The quantitative estimate of drug-likeness (QED) is 0.360. The molecule has 2 aliphatic carbocycles. The largest absolute Gasteiger partial charge is 0.489 e. The van der Waals surface area contributed by atoms with Crippen molar-refractivity contribution in [3.63, 3.8) is 0 Å². The number of nitrogens with zero attached hydrogens (tertiary/aromatic N) is 4. The molecule has 10 nitrogen and oxygen atoms in total. The van der Waals surface area contributed by atoms with Crippen LogP contribution in [0.4, 0.5) is 5.95 Å². The summed E-state index contributed by atoms with van der Waals surface area (Å²) in [4.78, 5) is 9.04. The van der Waals surface area contributed by atoms with E-state index in [1.54, 1.807) is 7.05 Å². The number of nitrogens with one attached hydrogen (secondary N) is 1. The first-order valence-corrected chi connectivity index (χ1v) is 11.8. The van der Waals surface area contributed by atoms with Gasteiger partial charge in [-0.3, -0.25) is 0 Å². The van der Waals surface area contributed by atoms with Crippen molar-refractivity contribution in [3.05, 3.63) is 35.1 Å². The van der Waals surface area contributed by atoms with Gasteiger partial charge in [0.15, 0.2) is 0 Å². The second-order valence-electron chi connectivity index (χ2n) is 8.92. The molecule has 0 spiro atoms. The maximum Gasteiger partial charge on any atom is 0.263 e. The van der Waals surface area contributed by atoms with Crippen LogP contribution < -0.4 is 21.6 Å². The van der Waals surface area contributed by atoms with Crippen molar-refractivity contribution in [1.29, 1.82) is 0 Å². The van der Waals surface area contributed by atoms with Crippen molar-refractivity contribution in [2.45, 2.75) is 77.1 Å². The fraction of sp³-hybridized carbons (Fsp3) is 0.609. The Morgan fingerprint density at radius 2 is 1.94 bits per heavy atom. The van der Waals surface area contributed by atoms with Gasteiger partial charge in [0.25, 0.3) is 11.8 Å². The normalized spacial score (nSPS) is 18.5. The number of rotatable bonds is 10. The highest BCUT2D eigenvalue weighted by atomic mass is 16.5. The number of pyridine rings is 1. The van der Waals surface area contributed by atoms with Crippen molar-refractivity contribution < 1.29 is 14.0 Å². The van der Waals surface area contributed by atoms with Gasteiger partial charge in [-0.05, 0) is 69.7 Å². The SMILES string of the molecule is Cc1nc(/C(N)=C(\CNc2noc(C(C)OC3CC3)n2)N(C)N)ccc1OC1CCCCC1. The Morgan fingerprint density at radius 1 is 1.18 bits per heavy atom. The van der Waals surface area contributed by atoms with Crippen LogP contribution in [0.15, 0.2) is 22.4 Å². The van der Waals surface area contributed by atoms with Crippen LogP contribution in [-0.2, 0) is 4.74 Å². The van der Waals surface area contributed by atoms with E-state index < -0.39 is 0 Å². The number of anilines is 1. The molecule has 10 heteroatoms. The number of hydrogen-bond donors (Lipinski definition) is 3. The van der Waals surface area contributed by atoms with E-state index in [1.807, 2.05) is 26.0 Å². The molecule has 2 aliphatic rings. The van der Waals surface area contributed by atoms with Gasteiger partial charge >= 0.3 is 0 Å². The molecule has 2 saturated carbocycles. The molecule has 2 aromatic heterocycles. The lowest BCUT2D eigenvalue weighted by molar-refractivity contribution is 0.0303. The highest BCUT2D eigenvalue weighted by Crippen LogP contribution is 2.30. The van der Waals surface area contributed by atoms with Gasteiger partial charge in [0.05, 0.1) is 41.5 Å². The van der Waals surface area contributed by atoms with Crippen molar-refractivity contribution >= 4 is 11.6 Å². The molecule has 1 atom stereocenters. The summed E-state index contributed by atoms with van der Waals surface area (Å²) in [5, 5.41) is 8.56. The average molecular weight is 458 g/mol. The Kier molecular flexibility index (Phi) is 7.34. The van der Waals surface area contributed by atoms with E-state index in [-0.39, 0.29) is 12.2 Å². The standard InChI is InChI=1S/C23H35N7O3/c1-14-20(32-16-7-5-4-6-8-16)12-11-18(27-14)21(24)19(30(3)25)13-26-23-28-22(33-29-23)15(2)31-17-9-10-17/h11-12,15-17H,4-10,13,24-25H2,1-3H3,(H,26,29)/b21-19-. The fourth-order valence-electron chi connectivity index (χ4n) is 3.93. The Bertz CT molecular complexity index is 965. The molecule has 0 radical (unpaired) electrons. The van der Waals surface area contributed by atoms with Crippen molar-refractivity contribution in [2.75, 3.05) is 18.9 Å². The van der Waals surface area contributed by atoms with E-state index in [0.717, 1.165) is 37.1 Å².